The molecule has 3 rings (SSSR count). The van der Waals surface area contributed by atoms with E-state index in [1.54, 1.807) is 18.2 Å². The Morgan fingerprint density at radius 2 is 1.86 bits per heavy atom. The zero-order valence-corrected chi connectivity index (χ0v) is 16.7. The molecular weight excluding hydrogens is 389 g/mol. The molecular formula is C20H21F3N2O2S. The molecule has 0 aromatic heterocycles. The van der Waals surface area contributed by atoms with Crippen LogP contribution < -0.4 is 9.64 Å². The normalized spacial score (nSPS) is 13.3. The maximum Gasteiger partial charge on any atom is 0.416 e. The van der Waals surface area contributed by atoms with E-state index in [2.05, 4.69) is 0 Å². The van der Waals surface area contributed by atoms with Gasteiger partial charge in [-0.1, -0.05) is 11.8 Å². The number of halogens is 3. The number of carbonyl (C=O) groups is 1. The fourth-order valence-electron chi connectivity index (χ4n) is 3.05. The molecule has 4 nitrogen and oxygen atoms in total. The van der Waals surface area contributed by atoms with Gasteiger partial charge in [-0.25, -0.2) is 0 Å². The van der Waals surface area contributed by atoms with E-state index >= 15 is 0 Å². The topological polar surface area (TPSA) is 32.8 Å². The van der Waals surface area contributed by atoms with Crippen LogP contribution in [-0.4, -0.2) is 38.1 Å². The minimum Gasteiger partial charge on any atom is -0.427 e. The molecule has 0 aliphatic carbocycles. The molecule has 0 bridgehead atoms. The molecule has 1 aliphatic heterocycles. The van der Waals surface area contributed by atoms with Gasteiger partial charge in [-0.3, -0.25) is 4.79 Å². The predicted molar refractivity (Wildman–Crippen MR) is 103 cm³/mol. The van der Waals surface area contributed by atoms with Gasteiger partial charge in [0, 0.05) is 23.3 Å². The molecule has 0 radical (unpaired) electrons. The second kappa shape index (κ2) is 8.05. The first kappa shape index (κ1) is 20.5. The number of hydrogen-bond acceptors (Lipinski definition) is 5. The SMILES string of the molecule is CC(=O)Oc1ccc2c(c1)Sc1ccc(C(F)(F)F)cc1N2CCCN(C)C. The van der Waals surface area contributed by atoms with Gasteiger partial charge in [0.1, 0.15) is 5.75 Å². The van der Waals surface area contributed by atoms with Crippen molar-refractivity contribution < 1.29 is 22.7 Å². The molecule has 2 aromatic carbocycles. The van der Waals surface area contributed by atoms with Crippen LogP contribution in [0.25, 0.3) is 0 Å². The molecule has 2 aromatic rings. The van der Waals surface area contributed by atoms with E-state index in [4.69, 9.17) is 4.74 Å². The largest absolute Gasteiger partial charge is 0.427 e. The van der Waals surface area contributed by atoms with Gasteiger partial charge in [-0.2, -0.15) is 13.2 Å². The third-order valence-electron chi connectivity index (χ3n) is 4.27. The molecule has 0 fully saturated rings. The van der Waals surface area contributed by atoms with Crippen LogP contribution >= 0.6 is 11.8 Å². The molecule has 0 N–H and O–H groups in total. The minimum absolute atomic E-state index is 0.418. The lowest BCUT2D eigenvalue weighted by Gasteiger charge is -2.33. The van der Waals surface area contributed by atoms with Crippen LogP contribution in [0.3, 0.4) is 0 Å². The number of alkyl halides is 3. The Labute approximate surface area is 166 Å². The minimum atomic E-state index is -4.39. The number of anilines is 2. The predicted octanol–water partition coefficient (Wildman–Crippen LogP) is 5.19. The summed E-state index contributed by atoms with van der Waals surface area (Å²) in [5.41, 5.74) is 0.697. The zero-order valence-electron chi connectivity index (χ0n) is 15.8. The summed E-state index contributed by atoms with van der Waals surface area (Å²) in [6.07, 6.45) is -3.60. The molecule has 0 atom stereocenters. The fraction of sp³-hybridized carbons (Fsp3) is 0.350. The summed E-state index contributed by atoms with van der Waals surface area (Å²) >= 11 is 1.38. The molecule has 1 aliphatic rings. The van der Waals surface area contributed by atoms with Crippen LogP contribution in [0.1, 0.15) is 18.9 Å². The second-order valence-corrected chi connectivity index (χ2v) is 7.90. The van der Waals surface area contributed by atoms with Crippen molar-refractivity contribution in [1.29, 1.82) is 0 Å². The number of fused-ring (bicyclic) bond motifs is 2. The average molecular weight is 410 g/mol. The van der Waals surface area contributed by atoms with Gasteiger partial charge in [0.15, 0.2) is 0 Å². The molecule has 0 unspecified atom stereocenters. The summed E-state index contributed by atoms with van der Waals surface area (Å²) < 4.78 is 44.9. The van der Waals surface area contributed by atoms with E-state index in [9.17, 15) is 18.0 Å². The van der Waals surface area contributed by atoms with Crippen LogP contribution in [0.5, 0.6) is 5.75 Å². The first-order chi connectivity index (χ1) is 13.1. The van der Waals surface area contributed by atoms with Gasteiger partial charge in [0.25, 0.3) is 0 Å². The Morgan fingerprint density at radius 3 is 2.50 bits per heavy atom. The first-order valence-electron chi connectivity index (χ1n) is 8.79. The van der Waals surface area contributed by atoms with E-state index in [1.165, 1.54) is 30.8 Å². The van der Waals surface area contributed by atoms with Crippen LogP contribution in [-0.2, 0) is 11.0 Å². The van der Waals surface area contributed by atoms with Gasteiger partial charge >= 0.3 is 12.1 Å². The smallest absolute Gasteiger partial charge is 0.416 e. The summed E-state index contributed by atoms with van der Waals surface area (Å²) in [7, 11) is 3.92. The number of carbonyl (C=O) groups excluding carboxylic acids is 1. The number of rotatable bonds is 5. The highest BCUT2D eigenvalue weighted by atomic mass is 32.2. The summed E-state index contributed by atoms with van der Waals surface area (Å²) in [4.78, 5) is 16.8. The van der Waals surface area contributed by atoms with E-state index < -0.39 is 17.7 Å². The number of nitrogens with zero attached hydrogens (tertiary/aromatic N) is 2. The maximum atomic E-state index is 13.2. The Kier molecular flexibility index (Phi) is 5.90. The van der Waals surface area contributed by atoms with Gasteiger partial charge in [-0.05, 0) is 63.5 Å². The summed E-state index contributed by atoms with van der Waals surface area (Å²) in [5.74, 6) is 0.00108. The Bertz CT molecular complexity index is 884. The van der Waals surface area contributed by atoms with Crippen molar-refractivity contribution in [3.63, 3.8) is 0 Å². The van der Waals surface area contributed by atoms with Gasteiger partial charge in [0.05, 0.1) is 16.9 Å². The third kappa shape index (κ3) is 4.62. The number of benzene rings is 2. The van der Waals surface area contributed by atoms with Crippen molar-refractivity contribution in [3.8, 4) is 5.75 Å². The number of hydrogen-bond donors (Lipinski definition) is 0. The van der Waals surface area contributed by atoms with Crippen molar-refractivity contribution in [2.45, 2.75) is 29.3 Å². The average Bonchev–Trinajstić information content (AvgIpc) is 2.59. The molecule has 28 heavy (non-hydrogen) atoms. The second-order valence-electron chi connectivity index (χ2n) is 6.81. The number of esters is 1. The Morgan fingerprint density at radius 1 is 1.11 bits per heavy atom. The monoisotopic (exact) mass is 410 g/mol. The lowest BCUT2D eigenvalue weighted by Crippen LogP contribution is -2.25. The molecule has 8 heteroatoms. The van der Waals surface area contributed by atoms with Crippen molar-refractivity contribution in [1.82, 2.24) is 4.90 Å². The summed E-state index contributed by atoms with van der Waals surface area (Å²) in [5, 5.41) is 0. The van der Waals surface area contributed by atoms with E-state index in [0.29, 0.717) is 18.0 Å². The van der Waals surface area contributed by atoms with Gasteiger partial charge < -0.3 is 14.5 Å². The molecule has 150 valence electrons. The van der Waals surface area contributed by atoms with Gasteiger partial charge in [0.2, 0.25) is 0 Å². The summed E-state index contributed by atoms with van der Waals surface area (Å²) in [6, 6.07) is 9.02. The Balaban J connectivity index is 2.00. The maximum absolute atomic E-state index is 13.2. The van der Waals surface area contributed by atoms with E-state index in [-0.39, 0.29) is 0 Å². The quantitative estimate of drug-likeness (QED) is 0.501. The Hall–Kier alpha value is -2.19. The van der Waals surface area contributed by atoms with Crippen molar-refractivity contribution >= 4 is 29.1 Å². The molecule has 0 amide bonds. The van der Waals surface area contributed by atoms with Crippen LogP contribution in [0.2, 0.25) is 0 Å². The molecule has 0 saturated heterocycles. The standard InChI is InChI=1S/C20H21F3N2O2S/c1-13(26)27-15-6-7-16-19(12-15)28-18-8-5-14(20(21,22)23)11-17(18)25(16)10-4-9-24(2)3/h5-8,11-12H,4,9-10H2,1-3H3. The van der Waals surface area contributed by atoms with Crippen LogP contribution in [0.4, 0.5) is 24.5 Å². The highest BCUT2D eigenvalue weighted by molar-refractivity contribution is 7.99. The van der Waals surface area contributed by atoms with Crippen LogP contribution in [0, 0.1) is 0 Å². The fourth-order valence-corrected chi connectivity index (χ4v) is 4.16. The van der Waals surface area contributed by atoms with Crippen molar-refractivity contribution in [2.24, 2.45) is 0 Å². The first-order valence-corrected chi connectivity index (χ1v) is 9.60. The van der Waals surface area contributed by atoms with Crippen molar-refractivity contribution in [3.05, 3.63) is 42.0 Å². The highest BCUT2D eigenvalue weighted by Crippen LogP contribution is 2.50. The highest BCUT2D eigenvalue weighted by Gasteiger charge is 2.33. The van der Waals surface area contributed by atoms with Crippen molar-refractivity contribution in [2.75, 3.05) is 32.1 Å². The summed E-state index contributed by atoms with van der Waals surface area (Å²) in [6.45, 7) is 2.72. The van der Waals surface area contributed by atoms with Crippen LogP contribution in [0.15, 0.2) is 46.2 Å². The zero-order chi connectivity index (χ0) is 20.5. The van der Waals surface area contributed by atoms with E-state index in [1.807, 2.05) is 23.9 Å². The lowest BCUT2D eigenvalue weighted by molar-refractivity contribution is -0.137. The lowest BCUT2D eigenvalue weighted by atomic mass is 10.1. The van der Waals surface area contributed by atoms with E-state index in [0.717, 1.165) is 34.5 Å². The van der Waals surface area contributed by atoms with Gasteiger partial charge in [-0.15, -0.1) is 0 Å². The molecule has 0 spiro atoms. The molecule has 0 saturated carbocycles. The number of ether oxygens (including phenoxy) is 1. The molecule has 1 heterocycles. The third-order valence-corrected chi connectivity index (χ3v) is 5.38.